The molecule has 7 nitrogen and oxygen atoms in total. The summed E-state index contributed by atoms with van der Waals surface area (Å²) in [6, 6.07) is -0.911. The number of urea groups is 1. The van der Waals surface area contributed by atoms with Crippen LogP contribution in [0.4, 0.5) is 4.79 Å². The number of ether oxygens (including phenoxy) is 2. The van der Waals surface area contributed by atoms with Crippen LogP contribution in [0.15, 0.2) is 0 Å². The van der Waals surface area contributed by atoms with Crippen LogP contribution < -0.4 is 0 Å². The van der Waals surface area contributed by atoms with Gasteiger partial charge in [-0.15, -0.1) is 0 Å². The van der Waals surface area contributed by atoms with E-state index >= 15 is 0 Å². The smallest absolute Gasteiger partial charge is 0.328 e. The highest BCUT2D eigenvalue weighted by Crippen LogP contribution is 2.21. The molecule has 2 saturated heterocycles. The molecule has 0 saturated carbocycles. The summed E-state index contributed by atoms with van der Waals surface area (Å²) in [4.78, 5) is 26.9. The van der Waals surface area contributed by atoms with Crippen LogP contribution in [0, 0.1) is 0 Å². The number of carbonyl (C=O) groups excluding carboxylic acids is 2. The van der Waals surface area contributed by atoms with Gasteiger partial charge in [0.25, 0.3) is 0 Å². The SMILES string of the molecule is COC(=O)C1CC(O)CN1C(=O)N1CCOCC1. The summed E-state index contributed by atoms with van der Waals surface area (Å²) in [5, 5.41) is 9.62. The lowest BCUT2D eigenvalue weighted by Gasteiger charge is -2.32. The van der Waals surface area contributed by atoms with Gasteiger partial charge in [0.15, 0.2) is 0 Å². The van der Waals surface area contributed by atoms with Gasteiger partial charge in [-0.25, -0.2) is 9.59 Å². The molecule has 0 radical (unpaired) electrons. The largest absolute Gasteiger partial charge is 0.467 e. The van der Waals surface area contributed by atoms with E-state index in [2.05, 4.69) is 4.74 Å². The highest BCUT2D eigenvalue weighted by atomic mass is 16.5. The number of amides is 2. The second-order valence-electron chi connectivity index (χ2n) is 4.46. The third kappa shape index (κ3) is 2.56. The van der Waals surface area contributed by atoms with Crippen LogP contribution in [-0.4, -0.2) is 79.0 Å². The molecule has 0 spiro atoms. The summed E-state index contributed by atoms with van der Waals surface area (Å²) < 4.78 is 9.84. The van der Waals surface area contributed by atoms with Gasteiger partial charge in [0.05, 0.1) is 26.4 Å². The minimum atomic E-state index is -0.680. The minimum absolute atomic E-state index is 0.177. The predicted molar refractivity (Wildman–Crippen MR) is 60.9 cm³/mol. The molecule has 0 bridgehead atoms. The van der Waals surface area contributed by atoms with Gasteiger partial charge >= 0.3 is 12.0 Å². The molecule has 2 aliphatic rings. The summed E-state index contributed by atoms with van der Waals surface area (Å²) in [6.07, 6.45) is -0.429. The Balaban J connectivity index is 2.04. The Morgan fingerprint density at radius 1 is 1.33 bits per heavy atom. The zero-order valence-corrected chi connectivity index (χ0v) is 10.4. The van der Waals surface area contributed by atoms with Gasteiger partial charge < -0.3 is 24.4 Å². The lowest BCUT2D eigenvalue weighted by molar-refractivity contribution is -0.145. The van der Waals surface area contributed by atoms with Crippen molar-refractivity contribution in [3.63, 3.8) is 0 Å². The Morgan fingerprint density at radius 3 is 2.61 bits per heavy atom. The number of aliphatic hydroxyl groups excluding tert-OH is 1. The first kappa shape index (κ1) is 13.1. The summed E-state index contributed by atoms with van der Waals surface area (Å²) >= 11 is 0. The van der Waals surface area contributed by atoms with E-state index in [0.717, 1.165) is 0 Å². The average Bonchev–Trinajstić information content (AvgIpc) is 2.80. The summed E-state index contributed by atoms with van der Waals surface area (Å²) in [7, 11) is 1.28. The first-order chi connectivity index (χ1) is 8.63. The molecule has 7 heteroatoms. The molecule has 2 amide bonds. The predicted octanol–water partition coefficient (Wildman–Crippen LogP) is -0.953. The number of morpholine rings is 1. The highest BCUT2D eigenvalue weighted by molar-refractivity contribution is 5.84. The topological polar surface area (TPSA) is 79.3 Å². The van der Waals surface area contributed by atoms with E-state index < -0.39 is 18.1 Å². The van der Waals surface area contributed by atoms with Gasteiger partial charge in [-0.1, -0.05) is 0 Å². The summed E-state index contributed by atoms with van der Waals surface area (Å²) in [5.74, 6) is -0.479. The van der Waals surface area contributed by atoms with Gasteiger partial charge in [-0.05, 0) is 0 Å². The van der Waals surface area contributed by atoms with Crippen molar-refractivity contribution in [2.24, 2.45) is 0 Å². The van der Waals surface area contributed by atoms with Crippen LogP contribution in [0.1, 0.15) is 6.42 Å². The Bertz CT molecular complexity index is 329. The highest BCUT2D eigenvalue weighted by Gasteiger charge is 2.41. The second-order valence-corrected chi connectivity index (χ2v) is 4.46. The molecule has 2 unspecified atom stereocenters. The van der Waals surface area contributed by atoms with Gasteiger partial charge in [0, 0.05) is 26.1 Å². The number of hydrogen-bond acceptors (Lipinski definition) is 5. The quantitative estimate of drug-likeness (QED) is 0.613. The summed E-state index contributed by atoms with van der Waals surface area (Å²) in [5.41, 5.74) is 0. The number of likely N-dealkylation sites (tertiary alicyclic amines) is 1. The average molecular weight is 258 g/mol. The van der Waals surface area contributed by atoms with Crippen LogP contribution >= 0.6 is 0 Å². The van der Waals surface area contributed by atoms with Crippen molar-refractivity contribution in [3.8, 4) is 0 Å². The van der Waals surface area contributed by atoms with Crippen molar-refractivity contribution < 1.29 is 24.2 Å². The number of aliphatic hydroxyl groups is 1. The van der Waals surface area contributed by atoms with E-state index in [4.69, 9.17) is 4.74 Å². The van der Waals surface area contributed by atoms with Crippen molar-refractivity contribution in [2.75, 3.05) is 40.0 Å². The van der Waals surface area contributed by atoms with Crippen molar-refractivity contribution in [1.82, 2.24) is 9.80 Å². The van der Waals surface area contributed by atoms with E-state index in [1.54, 1.807) is 4.90 Å². The van der Waals surface area contributed by atoms with Gasteiger partial charge in [0.1, 0.15) is 6.04 Å². The molecule has 1 N–H and O–H groups in total. The fourth-order valence-corrected chi connectivity index (χ4v) is 2.32. The molecule has 2 atom stereocenters. The van der Waals surface area contributed by atoms with Crippen LogP contribution in [-0.2, 0) is 14.3 Å². The number of rotatable bonds is 1. The van der Waals surface area contributed by atoms with Crippen molar-refractivity contribution in [3.05, 3.63) is 0 Å². The molecule has 0 aromatic heterocycles. The van der Waals surface area contributed by atoms with E-state index in [0.29, 0.717) is 26.3 Å². The van der Waals surface area contributed by atoms with Crippen LogP contribution in [0.25, 0.3) is 0 Å². The number of hydrogen-bond donors (Lipinski definition) is 1. The molecule has 2 fully saturated rings. The molecule has 0 aromatic rings. The molecule has 2 rings (SSSR count). The maximum absolute atomic E-state index is 12.3. The molecule has 0 aromatic carbocycles. The Labute approximate surface area is 105 Å². The molecule has 0 aliphatic carbocycles. The Hall–Kier alpha value is -1.34. The zero-order chi connectivity index (χ0) is 13.1. The second kappa shape index (κ2) is 5.53. The lowest BCUT2D eigenvalue weighted by atomic mass is 10.2. The summed E-state index contributed by atoms with van der Waals surface area (Å²) in [6.45, 7) is 2.21. The van der Waals surface area contributed by atoms with E-state index in [1.807, 2.05) is 0 Å². The van der Waals surface area contributed by atoms with Crippen LogP contribution in [0.2, 0.25) is 0 Å². The fourth-order valence-electron chi connectivity index (χ4n) is 2.32. The molecule has 2 aliphatic heterocycles. The van der Waals surface area contributed by atoms with Gasteiger partial charge in [0.2, 0.25) is 0 Å². The zero-order valence-electron chi connectivity index (χ0n) is 10.4. The van der Waals surface area contributed by atoms with E-state index in [-0.39, 0.29) is 19.0 Å². The Morgan fingerprint density at radius 2 is 2.00 bits per heavy atom. The minimum Gasteiger partial charge on any atom is -0.467 e. The monoisotopic (exact) mass is 258 g/mol. The maximum atomic E-state index is 12.3. The molecular formula is C11H18N2O5. The molecular weight excluding hydrogens is 240 g/mol. The number of nitrogens with zero attached hydrogens (tertiary/aromatic N) is 2. The number of β-amino-alcohol motifs (C(OH)–C–C–N with tert-alkyl or cyclic N) is 1. The normalized spacial score (nSPS) is 28.3. The van der Waals surface area contributed by atoms with E-state index in [9.17, 15) is 14.7 Å². The fraction of sp³-hybridized carbons (Fsp3) is 0.818. The van der Waals surface area contributed by atoms with Crippen molar-refractivity contribution in [2.45, 2.75) is 18.6 Å². The van der Waals surface area contributed by atoms with Crippen LogP contribution in [0.5, 0.6) is 0 Å². The standard InChI is InChI=1S/C11H18N2O5/c1-17-10(15)9-6-8(14)7-13(9)11(16)12-2-4-18-5-3-12/h8-9,14H,2-7H2,1H3. The third-order valence-corrected chi connectivity index (χ3v) is 3.28. The van der Waals surface area contributed by atoms with E-state index in [1.165, 1.54) is 12.0 Å². The van der Waals surface area contributed by atoms with Crippen molar-refractivity contribution in [1.29, 1.82) is 0 Å². The van der Waals surface area contributed by atoms with Crippen LogP contribution in [0.3, 0.4) is 0 Å². The van der Waals surface area contributed by atoms with Crippen molar-refractivity contribution >= 4 is 12.0 Å². The van der Waals surface area contributed by atoms with Gasteiger partial charge in [-0.2, -0.15) is 0 Å². The number of carbonyl (C=O) groups is 2. The maximum Gasteiger partial charge on any atom is 0.328 e. The molecule has 2 heterocycles. The number of esters is 1. The molecule has 102 valence electrons. The first-order valence-electron chi connectivity index (χ1n) is 6.02. The van der Waals surface area contributed by atoms with Gasteiger partial charge in [-0.3, -0.25) is 0 Å². The first-order valence-corrected chi connectivity index (χ1v) is 6.02. The third-order valence-electron chi connectivity index (χ3n) is 3.28. The molecule has 18 heavy (non-hydrogen) atoms. The lowest BCUT2D eigenvalue weighted by Crippen LogP contribution is -2.51. The number of methoxy groups -OCH3 is 1. The Kier molecular flexibility index (Phi) is 4.03.